The fourth-order valence-electron chi connectivity index (χ4n) is 2.88. The molecule has 1 aromatic rings. The molecular weight excluding hydrogens is 299 g/mol. The van der Waals surface area contributed by atoms with Gasteiger partial charge in [0, 0.05) is 12.3 Å². The Hall–Kier alpha value is -2.27. The lowest BCUT2D eigenvalue weighted by Crippen LogP contribution is -2.44. The van der Waals surface area contributed by atoms with E-state index in [1.807, 2.05) is 0 Å². The highest BCUT2D eigenvalue weighted by Crippen LogP contribution is 2.36. The van der Waals surface area contributed by atoms with Gasteiger partial charge in [0.15, 0.2) is 0 Å². The monoisotopic (exact) mass is 311 g/mol. The third kappa shape index (κ3) is 2.37. The number of rotatable bonds is 1. The van der Waals surface area contributed by atoms with Gasteiger partial charge in [-0.25, -0.2) is 4.79 Å². The van der Waals surface area contributed by atoms with Gasteiger partial charge in [0.05, 0.1) is 35.9 Å². The second-order valence-electron chi connectivity index (χ2n) is 5.20. The minimum atomic E-state index is -4.65. The lowest BCUT2D eigenvalue weighted by Gasteiger charge is -2.30. The molecule has 2 fully saturated rings. The van der Waals surface area contributed by atoms with Crippen LogP contribution in [0.2, 0.25) is 0 Å². The Morgan fingerprint density at radius 2 is 2.18 bits per heavy atom. The van der Waals surface area contributed by atoms with Gasteiger partial charge in [-0.2, -0.15) is 18.4 Å². The fourth-order valence-corrected chi connectivity index (χ4v) is 2.88. The van der Waals surface area contributed by atoms with Crippen LogP contribution in [-0.2, 0) is 10.9 Å². The van der Waals surface area contributed by atoms with E-state index >= 15 is 0 Å². The molecule has 2 atom stereocenters. The van der Waals surface area contributed by atoms with E-state index in [9.17, 15) is 18.0 Å². The Labute approximate surface area is 124 Å². The fraction of sp³-hybridized carbons (Fsp3) is 0.429. The third-order valence-corrected chi connectivity index (χ3v) is 3.89. The number of amides is 2. The molecule has 0 radical (unpaired) electrons. The zero-order chi connectivity index (χ0) is 15.9. The number of hydrogen-bond donors (Lipinski definition) is 1. The highest BCUT2D eigenvalue weighted by atomic mass is 19.4. The van der Waals surface area contributed by atoms with E-state index in [1.165, 1.54) is 17.0 Å². The van der Waals surface area contributed by atoms with E-state index in [0.717, 1.165) is 12.1 Å². The predicted octanol–water partition coefficient (Wildman–Crippen LogP) is 2.26. The van der Waals surface area contributed by atoms with Gasteiger partial charge in [0.2, 0.25) is 0 Å². The van der Waals surface area contributed by atoms with Crippen LogP contribution in [0.5, 0.6) is 0 Å². The molecule has 116 valence electrons. The molecule has 2 heterocycles. The molecule has 2 saturated heterocycles. The van der Waals surface area contributed by atoms with Crippen LogP contribution in [0, 0.1) is 11.3 Å². The molecule has 1 N–H and O–H groups in total. The van der Waals surface area contributed by atoms with Crippen LogP contribution in [0.3, 0.4) is 0 Å². The number of alkyl halides is 3. The maximum atomic E-state index is 13.0. The number of ether oxygens (including phenoxy) is 1. The maximum Gasteiger partial charge on any atom is 0.417 e. The number of carbonyl (C=O) groups is 1. The van der Waals surface area contributed by atoms with Crippen LogP contribution >= 0.6 is 0 Å². The van der Waals surface area contributed by atoms with E-state index < -0.39 is 23.3 Å². The SMILES string of the molecule is N#Cc1ccc(N2C(=O)NC3COCCC32)cc1C(F)(F)F. The third-order valence-electron chi connectivity index (χ3n) is 3.89. The van der Waals surface area contributed by atoms with Crippen molar-refractivity contribution in [3.63, 3.8) is 0 Å². The summed E-state index contributed by atoms with van der Waals surface area (Å²) in [4.78, 5) is 13.4. The van der Waals surface area contributed by atoms with Crippen LogP contribution in [0.25, 0.3) is 0 Å². The van der Waals surface area contributed by atoms with Crippen LogP contribution in [0.1, 0.15) is 17.5 Å². The molecule has 0 saturated carbocycles. The lowest BCUT2D eigenvalue weighted by atomic mass is 10.0. The molecule has 0 bridgehead atoms. The van der Waals surface area contributed by atoms with Gasteiger partial charge in [-0.3, -0.25) is 4.90 Å². The van der Waals surface area contributed by atoms with Crippen molar-refractivity contribution in [3.05, 3.63) is 29.3 Å². The van der Waals surface area contributed by atoms with Crippen LogP contribution in [0.4, 0.5) is 23.7 Å². The highest BCUT2D eigenvalue weighted by molar-refractivity contribution is 5.95. The molecule has 5 nitrogen and oxygen atoms in total. The first-order chi connectivity index (χ1) is 10.4. The molecule has 2 aliphatic heterocycles. The van der Waals surface area contributed by atoms with E-state index in [1.54, 1.807) is 0 Å². The Balaban J connectivity index is 2.01. The highest BCUT2D eigenvalue weighted by Gasteiger charge is 2.43. The first kappa shape index (κ1) is 14.7. The molecule has 2 aliphatic rings. The van der Waals surface area contributed by atoms with Gasteiger partial charge in [-0.05, 0) is 24.6 Å². The smallest absolute Gasteiger partial charge is 0.379 e. The Bertz CT molecular complexity index is 654. The average molecular weight is 311 g/mol. The van der Waals surface area contributed by atoms with E-state index in [2.05, 4.69) is 5.32 Å². The molecule has 0 aromatic heterocycles. The summed E-state index contributed by atoms with van der Waals surface area (Å²) >= 11 is 0. The zero-order valence-corrected chi connectivity index (χ0v) is 11.4. The number of nitriles is 1. The van der Waals surface area contributed by atoms with E-state index in [4.69, 9.17) is 10.00 Å². The Morgan fingerprint density at radius 3 is 2.86 bits per heavy atom. The molecule has 22 heavy (non-hydrogen) atoms. The number of urea groups is 1. The van der Waals surface area contributed by atoms with E-state index in [0.29, 0.717) is 19.6 Å². The van der Waals surface area contributed by atoms with Gasteiger partial charge in [-0.1, -0.05) is 0 Å². The van der Waals surface area contributed by atoms with Gasteiger partial charge in [0.1, 0.15) is 0 Å². The Kier molecular flexibility index (Phi) is 3.45. The van der Waals surface area contributed by atoms with Crippen molar-refractivity contribution >= 4 is 11.7 Å². The average Bonchev–Trinajstić information content (AvgIpc) is 2.81. The quantitative estimate of drug-likeness (QED) is 0.865. The number of hydrogen-bond acceptors (Lipinski definition) is 3. The summed E-state index contributed by atoms with van der Waals surface area (Å²) in [6, 6.07) is 3.93. The summed E-state index contributed by atoms with van der Waals surface area (Å²) < 4.78 is 44.4. The summed E-state index contributed by atoms with van der Waals surface area (Å²) in [5.41, 5.74) is -1.35. The van der Waals surface area contributed by atoms with E-state index in [-0.39, 0.29) is 17.8 Å². The second-order valence-corrected chi connectivity index (χ2v) is 5.20. The van der Waals surface area contributed by atoms with Gasteiger partial charge in [0.25, 0.3) is 0 Å². The van der Waals surface area contributed by atoms with Gasteiger partial charge in [-0.15, -0.1) is 0 Å². The number of carbonyl (C=O) groups excluding carboxylic acids is 1. The number of fused-ring (bicyclic) bond motifs is 1. The minimum Gasteiger partial charge on any atom is -0.379 e. The van der Waals surface area contributed by atoms with Crippen molar-refractivity contribution in [2.75, 3.05) is 18.1 Å². The molecule has 0 aliphatic carbocycles. The normalized spacial score (nSPS) is 24.6. The van der Waals surface area contributed by atoms with Crippen molar-refractivity contribution in [1.82, 2.24) is 5.32 Å². The summed E-state index contributed by atoms with van der Waals surface area (Å²) in [6.07, 6.45) is -4.10. The molecule has 2 amide bonds. The van der Waals surface area contributed by atoms with Crippen LogP contribution in [0.15, 0.2) is 18.2 Å². The lowest BCUT2D eigenvalue weighted by molar-refractivity contribution is -0.137. The van der Waals surface area contributed by atoms with Crippen molar-refractivity contribution in [2.45, 2.75) is 24.7 Å². The number of nitrogens with zero attached hydrogens (tertiary/aromatic N) is 2. The zero-order valence-electron chi connectivity index (χ0n) is 11.4. The molecule has 1 aromatic carbocycles. The van der Waals surface area contributed by atoms with Crippen molar-refractivity contribution in [3.8, 4) is 6.07 Å². The standard InChI is InChI=1S/C14H12F3N3O2/c15-14(16,17)10-5-9(2-1-8(10)6-18)20-12-3-4-22-7-11(12)19-13(20)21/h1-2,5,11-12H,3-4,7H2,(H,19,21). The van der Waals surface area contributed by atoms with Crippen LogP contribution < -0.4 is 10.2 Å². The van der Waals surface area contributed by atoms with Gasteiger partial charge < -0.3 is 10.1 Å². The molecular formula is C14H12F3N3O2. The van der Waals surface area contributed by atoms with Crippen molar-refractivity contribution in [2.24, 2.45) is 0 Å². The minimum absolute atomic E-state index is 0.137. The number of anilines is 1. The second kappa shape index (κ2) is 5.18. The summed E-state index contributed by atoms with van der Waals surface area (Å²) in [6.45, 7) is 0.796. The largest absolute Gasteiger partial charge is 0.417 e. The predicted molar refractivity (Wildman–Crippen MR) is 70.2 cm³/mol. The summed E-state index contributed by atoms with van der Waals surface area (Å²) in [7, 11) is 0. The van der Waals surface area contributed by atoms with Crippen molar-refractivity contribution in [1.29, 1.82) is 5.26 Å². The van der Waals surface area contributed by atoms with Gasteiger partial charge >= 0.3 is 12.2 Å². The topological polar surface area (TPSA) is 65.4 Å². The first-order valence-electron chi connectivity index (χ1n) is 6.70. The number of halogens is 3. The maximum absolute atomic E-state index is 13.0. The van der Waals surface area contributed by atoms with Crippen molar-refractivity contribution < 1.29 is 22.7 Å². The summed E-state index contributed by atoms with van der Waals surface area (Å²) in [5.74, 6) is 0. The Morgan fingerprint density at radius 1 is 1.41 bits per heavy atom. The molecule has 8 heteroatoms. The van der Waals surface area contributed by atoms with Crippen LogP contribution in [-0.4, -0.2) is 31.3 Å². The molecule has 2 unspecified atom stereocenters. The molecule has 3 rings (SSSR count). The first-order valence-corrected chi connectivity index (χ1v) is 6.70. The number of nitrogens with one attached hydrogen (secondary N) is 1. The number of benzene rings is 1. The molecule has 0 spiro atoms. The summed E-state index contributed by atoms with van der Waals surface area (Å²) in [5, 5.41) is 11.5.